The molecule has 0 unspecified atom stereocenters. The fourth-order valence-electron chi connectivity index (χ4n) is 5.30. The van der Waals surface area contributed by atoms with Crippen molar-refractivity contribution in [3.8, 4) is 0 Å². The minimum Gasteiger partial charge on any atom is -0.0810 e. The second-order valence-corrected chi connectivity index (χ2v) is 12.9. The highest BCUT2D eigenvalue weighted by Crippen LogP contribution is 2.19. The van der Waals surface area contributed by atoms with E-state index in [4.69, 9.17) is 0 Å². The van der Waals surface area contributed by atoms with Gasteiger partial charge in [0, 0.05) is 0 Å². The quantitative estimate of drug-likeness (QED) is 0.0624. The Morgan fingerprint density at radius 3 is 0.600 bits per heavy atom. The second kappa shape index (κ2) is 34.4. The molecule has 211 valence electrons. The third-order valence-corrected chi connectivity index (χ3v) is 9.10. The smallest absolute Gasteiger partial charge is 0.0287 e. The molecule has 0 nitrogen and oxygen atoms in total. The summed E-state index contributed by atoms with van der Waals surface area (Å²) < 4.78 is 0. The van der Waals surface area contributed by atoms with Crippen molar-refractivity contribution in [2.24, 2.45) is 0 Å². The monoisotopic (exact) mass is 510 g/mol. The Bertz CT molecular complexity index is 307. The highest BCUT2D eigenvalue weighted by molar-refractivity contribution is 7.37. The molecule has 0 rings (SSSR count). The van der Waals surface area contributed by atoms with Crippen molar-refractivity contribution in [1.82, 2.24) is 0 Å². The summed E-state index contributed by atoms with van der Waals surface area (Å²) in [6.45, 7) is 4.62. The van der Waals surface area contributed by atoms with Gasteiger partial charge in [-0.25, -0.2) is 0 Å². The van der Waals surface area contributed by atoms with E-state index in [0.717, 1.165) is 0 Å². The molecule has 0 aromatic rings. The van der Waals surface area contributed by atoms with Gasteiger partial charge >= 0.3 is 0 Å². The van der Waals surface area contributed by atoms with Crippen molar-refractivity contribution in [2.45, 2.75) is 206 Å². The molecule has 0 aromatic carbocycles. The molecular formula is C34H70P. The van der Waals surface area contributed by atoms with Crippen molar-refractivity contribution in [2.75, 3.05) is 12.3 Å². The Balaban J connectivity index is 3.00. The van der Waals surface area contributed by atoms with Gasteiger partial charge in [-0.15, -0.1) is 0 Å². The third-order valence-electron chi connectivity index (χ3n) is 7.84. The van der Waals surface area contributed by atoms with Gasteiger partial charge in [-0.2, -0.15) is 0 Å². The first kappa shape index (κ1) is 35.4. The lowest BCUT2D eigenvalue weighted by atomic mass is 10.0. The first-order chi connectivity index (χ1) is 17.4. The molecule has 0 aromatic heterocycles. The summed E-state index contributed by atoms with van der Waals surface area (Å²) in [5.41, 5.74) is 0. The summed E-state index contributed by atoms with van der Waals surface area (Å²) in [5.74, 6) is 0. The van der Waals surface area contributed by atoms with E-state index in [1.807, 2.05) is 0 Å². The first-order valence-electron chi connectivity index (χ1n) is 17.0. The van der Waals surface area contributed by atoms with Gasteiger partial charge in [-0.1, -0.05) is 202 Å². The van der Waals surface area contributed by atoms with Crippen LogP contribution in [-0.4, -0.2) is 12.3 Å². The predicted octanol–water partition coefficient (Wildman–Crippen LogP) is 13.7. The largest absolute Gasteiger partial charge is 0.0810 e. The number of rotatable bonds is 32. The molecule has 0 aliphatic carbocycles. The third kappa shape index (κ3) is 34.4. The molecule has 1 radical (unpaired) electrons. The van der Waals surface area contributed by atoms with Crippen molar-refractivity contribution < 1.29 is 0 Å². The molecule has 0 heterocycles. The van der Waals surface area contributed by atoms with Gasteiger partial charge in [0.25, 0.3) is 0 Å². The lowest BCUT2D eigenvalue weighted by Gasteiger charge is -2.04. The standard InChI is InChI=1S/C34H70P/c1-3-5-7-9-11-13-15-17-19-21-23-25-27-29-31-33-35-34-32-30-28-26-24-22-20-18-16-14-12-10-8-6-4-2/h3-34H2,1-2H3. The summed E-state index contributed by atoms with van der Waals surface area (Å²) >= 11 is 0. The topological polar surface area (TPSA) is 0 Å². The van der Waals surface area contributed by atoms with Gasteiger partial charge in [0.15, 0.2) is 0 Å². The highest BCUT2D eigenvalue weighted by atomic mass is 31.1. The molecule has 0 fully saturated rings. The van der Waals surface area contributed by atoms with Gasteiger partial charge in [0.2, 0.25) is 0 Å². The normalized spacial score (nSPS) is 11.5. The highest BCUT2D eigenvalue weighted by Gasteiger charge is 1.97. The summed E-state index contributed by atoms with van der Waals surface area (Å²) in [4.78, 5) is 0. The zero-order valence-corrected chi connectivity index (χ0v) is 26.0. The Morgan fingerprint density at radius 1 is 0.229 bits per heavy atom. The van der Waals surface area contributed by atoms with Crippen LogP contribution in [0.1, 0.15) is 206 Å². The van der Waals surface area contributed by atoms with Crippen molar-refractivity contribution in [3.05, 3.63) is 0 Å². The van der Waals surface area contributed by atoms with Crippen LogP contribution in [0.15, 0.2) is 0 Å². The lowest BCUT2D eigenvalue weighted by Crippen LogP contribution is -1.86. The summed E-state index contributed by atoms with van der Waals surface area (Å²) in [7, 11) is 1.74. The van der Waals surface area contributed by atoms with Crippen LogP contribution in [0.2, 0.25) is 0 Å². The molecule has 0 saturated carbocycles. The maximum absolute atomic E-state index is 2.31. The fourth-order valence-corrected chi connectivity index (χ4v) is 6.42. The molecule has 0 amide bonds. The van der Waals surface area contributed by atoms with Crippen molar-refractivity contribution in [1.29, 1.82) is 0 Å². The van der Waals surface area contributed by atoms with Crippen LogP contribution in [0, 0.1) is 0 Å². The average Bonchev–Trinajstić information content (AvgIpc) is 2.87. The molecule has 0 bridgehead atoms. The van der Waals surface area contributed by atoms with E-state index in [9.17, 15) is 0 Å². The molecule has 0 spiro atoms. The minimum atomic E-state index is 1.37. The van der Waals surface area contributed by atoms with E-state index in [-0.39, 0.29) is 0 Å². The zero-order chi connectivity index (χ0) is 25.3. The average molecular weight is 510 g/mol. The fraction of sp³-hybridized carbons (Fsp3) is 1.00. The van der Waals surface area contributed by atoms with Crippen molar-refractivity contribution >= 4 is 8.58 Å². The molecule has 1 heteroatoms. The maximum atomic E-state index is 2.31. The van der Waals surface area contributed by atoms with E-state index in [1.165, 1.54) is 205 Å². The molecule has 0 aliphatic rings. The summed E-state index contributed by atoms with van der Waals surface area (Å²) in [6.07, 6.45) is 47.3. The second-order valence-electron chi connectivity index (χ2n) is 11.6. The summed E-state index contributed by atoms with van der Waals surface area (Å²) in [5, 5.41) is 0. The van der Waals surface area contributed by atoms with Gasteiger partial charge < -0.3 is 0 Å². The zero-order valence-electron chi connectivity index (χ0n) is 25.1. The Morgan fingerprint density at radius 2 is 0.400 bits per heavy atom. The Kier molecular flexibility index (Phi) is 34.9. The molecule has 0 saturated heterocycles. The number of hydrogen-bond acceptors (Lipinski definition) is 0. The van der Waals surface area contributed by atoms with Crippen molar-refractivity contribution in [3.63, 3.8) is 0 Å². The molecule has 35 heavy (non-hydrogen) atoms. The van der Waals surface area contributed by atoms with Gasteiger partial charge in [-0.05, 0) is 25.2 Å². The van der Waals surface area contributed by atoms with E-state index in [1.54, 1.807) is 8.58 Å². The van der Waals surface area contributed by atoms with Gasteiger partial charge in [0.05, 0.1) is 0 Å². The van der Waals surface area contributed by atoms with E-state index >= 15 is 0 Å². The Labute approximate surface area is 227 Å². The SMILES string of the molecule is CCCCCCCCCCCCCCCCC[P]CCCCCCCCCCCCCCCCC. The minimum absolute atomic E-state index is 1.37. The van der Waals surface area contributed by atoms with E-state index < -0.39 is 0 Å². The van der Waals surface area contributed by atoms with Crippen LogP contribution in [0.3, 0.4) is 0 Å². The Hall–Kier alpha value is 0.430. The summed E-state index contributed by atoms with van der Waals surface area (Å²) in [6, 6.07) is 0. The lowest BCUT2D eigenvalue weighted by molar-refractivity contribution is 0.534. The van der Waals surface area contributed by atoms with Crippen LogP contribution in [0.5, 0.6) is 0 Å². The molecular weight excluding hydrogens is 439 g/mol. The van der Waals surface area contributed by atoms with Crippen LogP contribution in [0.4, 0.5) is 0 Å². The van der Waals surface area contributed by atoms with Gasteiger partial charge in [-0.3, -0.25) is 0 Å². The number of unbranched alkanes of at least 4 members (excludes halogenated alkanes) is 28. The van der Waals surface area contributed by atoms with E-state index in [0.29, 0.717) is 0 Å². The maximum Gasteiger partial charge on any atom is -0.0287 e. The van der Waals surface area contributed by atoms with Crippen LogP contribution in [-0.2, 0) is 0 Å². The molecule has 0 atom stereocenters. The molecule has 0 aliphatic heterocycles. The van der Waals surface area contributed by atoms with Gasteiger partial charge in [0.1, 0.15) is 0 Å². The van der Waals surface area contributed by atoms with Crippen LogP contribution in [0.25, 0.3) is 0 Å². The number of hydrogen-bond donors (Lipinski definition) is 0. The van der Waals surface area contributed by atoms with Crippen LogP contribution < -0.4 is 0 Å². The van der Waals surface area contributed by atoms with Crippen LogP contribution >= 0.6 is 8.58 Å². The predicted molar refractivity (Wildman–Crippen MR) is 167 cm³/mol. The molecule has 0 N–H and O–H groups in total. The first-order valence-corrected chi connectivity index (χ1v) is 18.3. The van der Waals surface area contributed by atoms with E-state index in [2.05, 4.69) is 13.8 Å².